The lowest BCUT2D eigenvalue weighted by Crippen LogP contribution is -2.11. The molecule has 0 N–H and O–H groups in total. The first-order valence-corrected chi connectivity index (χ1v) is 12.7. The molecule has 0 saturated carbocycles. The second kappa shape index (κ2) is 14.2. The average molecular weight is 462 g/mol. The molecule has 0 aromatic heterocycles. The molecule has 3 aromatic carbocycles. The second-order valence-electron chi connectivity index (χ2n) is 8.43. The van der Waals surface area contributed by atoms with Crippen molar-refractivity contribution < 1.29 is 14.2 Å². The number of hydrogen-bond acceptors (Lipinski definition) is 4. The maximum atomic E-state index is 6.01. The normalized spacial score (nSPS) is 10.7. The largest absolute Gasteiger partial charge is 0.494 e. The second-order valence-corrected chi connectivity index (χ2v) is 8.43. The highest BCUT2D eigenvalue weighted by Gasteiger charge is 2.15. The number of nitrogens with zero attached hydrogens (tertiary/aromatic N) is 1. The first kappa shape index (κ1) is 25.5. The molecule has 0 amide bonds. The molecule has 3 rings (SSSR count). The maximum Gasteiger partial charge on any atom is 0.121 e. The molecule has 0 saturated heterocycles. The molecule has 0 aliphatic rings. The van der Waals surface area contributed by atoms with Gasteiger partial charge in [-0.2, -0.15) is 0 Å². The van der Waals surface area contributed by atoms with Crippen LogP contribution in [-0.4, -0.2) is 19.8 Å². The van der Waals surface area contributed by atoms with E-state index in [1.54, 1.807) is 0 Å². The van der Waals surface area contributed by atoms with E-state index in [1.807, 2.05) is 36.4 Å². The molecular weight excluding hydrogens is 422 g/mol. The Kier molecular flexibility index (Phi) is 10.6. The Balaban J connectivity index is 1.96. The van der Waals surface area contributed by atoms with Crippen molar-refractivity contribution in [2.24, 2.45) is 0 Å². The summed E-state index contributed by atoms with van der Waals surface area (Å²) < 4.78 is 18.0. The number of ether oxygens (including phenoxy) is 3. The summed E-state index contributed by atoms with van der Waals surface area (Å²) in [6, 6.07) is 24.8. The van der Waals surface area contributed by atoms with Crippen molar-refractivity contribution in [2.75, 3.05) is 24.7 Å². The lowest BCUT2D eigenvalue weighted by Gasteiger charge is -2.26. The van der Waals surface area contributed by atoms with Gasteiger partial charge in [-0.3, -0.25) is 0 Å². The molecule has 182 valence electrons. The van der Waals surface area contributed by atoms with Gasteiger partial charge in [-0.05, 0) is 55.7 Å². The van der Waals surface area contributed by atoms with E-state index >= 15 is 0 Å². The lowest BCUT2D eigenvalue weighted by molar-refractivity contribution is 0.309. The molecule has 3 aromatic rings. The molecule has 0 atom stereocenters. The topological polar surface area (TPSA) is 30.9 Å². The standard InChI is InChI=1S/C30H39NO3/c1-4-7-19-32-28-16-10-13-25(22-28)31(26-14-11-17-29(23-26)33-20-8-5-2)27-15-12-18-30(24-27)34-21-9-6-3/h10-18,22-24H,4-9,19-21H2,1-3H3. The quantitative estimate of drug-likeness (QED) is 0.212. The molecule has 0 aliphatic carbocycles. The van der Waals surface area contributed by atoms with Crippen LogP contribution in [0.4, 0.5) is 17.1 Å². The molecule has 0 bridgehead atoms. The summed E-state index contributed by atoms with van der Waals surface area (Å²) in [6.45, 7) is 8.69. The van der Waals surface area contributed by atoms with Gasteiger partial charge in [0.15, 0.2) is 0 Å². The van der Waals surface area contributed by atoms with Crippen molar-refractivity contribution in [2.45, 2.75) is 59.3 Å². The van der Waals surface area contributed by atoms with Crippen LogP contribution < -0.4 is 19.1 Å². The first-order valence-electron chi connectivity index (χ1n) is 12.7. The van der Waals surface area contributed by atoms with Gasteiger partial charge in [0.05, 0.1) is 19.8 Å². The van der Waals surface area contributed by atoms with Gasteiger partial charge in [0.1, 0.15) is 17.2 Å². The summed E-state index contributed by atoms with van der Waals surface area (Å²) in [6.07, 6.45) is 6.47. The van der Waals surface area contributed by atoms with Crippen LogP contribution in [-0.2, 0) is 0 Å². The van der Waals surface area contributed by atoms with Crippen molar-refractivity contribution in [3.05, 3.63) is 72.8 Å². The third kappa shape index (κ3) is 7.72. The third-order valence-corrected chi connectivity index (χ3v) is 5.53. The van der Waals surface area contributed by atoms with Crippen LogP contribution in [0.2, 0.25) is 0 Å². The summed E-state index contributed by atoms with van der Waals surface area (Å²) in [5.41, 5.74) is 3.10. The number of hydrogen-bond donors (Lipinski definition) is 0. The van der Waals surface area contributed by atoms with Gasteiger partial charge in [0.25, 0.3) is 0 Å². The zero-order chi connectivity index (χ0) is 24.0. The highest BCUT2D eigenvalue weighted by Crippen LogP contribution is 2.38. The van der Waals surface area contributed by atoms with Crippen molar-refractivity contribution in [1.82, 2.24) is 0 Å². The van der Waals surface area contributed by atoms with Gasteiger partial charge < -0.3 is 19.1 Å². The van der Waals surface area contributed by atoms with E-state index in [2.05, 4.69) is 62.1 Å². The van der Waals surface area contributed by atoms with Crippen molar-refractivity contribution in [1.29, 1.82) is 0 Å². The summed E-state index contributed by atoms with van der Waals surface area (Å²) in [5.74, 6) is 2.63. The molecule has 0 unspecified atom stereocenters. The van der Waals surface area contributed by atoms with Crippen LogP contribution in [0.1, 0.15) is 59.3 Å². The fourth-order valence-electron chi connectivity index (χ4n) is 3.59. The Morgan fingerprint density at radius 1 is 0.500 bits per heavy atom. The molecule has 34 heavy (non-hydrogen) atoms. The monoisotopic (exact) mass is 461 g/mol. The molecule has 0 fully saturated rings. The number of benzene rings is 3. The van der Waals surface area contributed by atoms with Gasteiger partial charge in [-0.15, -0.1) is 0 Å². The number of rotatable bonds is 15. The summed E-state index contributed by atoms with van der Waals surface area (Å²) in [5, 5.41) is 0. The van der Waals surface area contributed by atoms with E-state index in [1.165, 1.54) is 0 Å². The van der Waals surface area contributed by atoms with Crippen LogP contribution in [0, 0.1) is 0 Å². The summed E-state index contributed by atoms with van der Waals surface area (Å²) >= 11 is 0. The Hall–Kier alpha value is -3.14. The SMILES string of the molecule is CCCCOc1cccc(N(c2cccc(OCCCC)c2)c2cccc(OCCCC)c2)c1. The van der Waals surface area contributed by atoms with E-state index in [0.717, 1.165) is 92.7 Å². The summed E-state index contributed by atoms with van der Waals surface area (Å²) in [7, 11) is 0. The Bertz CT molecular complexity index is 861. The van der Waals surface area contributed by atoms with Crippen LogP contribution in [0.15, 0.2) is 72.8 Å². The van der Waals surface area contributed by atoms with E-state index in [-0.39, 0.29) is 0 Å². The van der Waals surface area contributed by atoms with E-state index in [9.17, 15) is 0 Å². The molecule has 0 radical (unpaired) electrons. The van der Waals surface area contributed by atoms with Gasteiger partial charge in [0.2, 0.25) is 0 Å². The van der Waals surface area contributed by atoms with E-state index < -0.39 is 0 Å². The van der Waals surface area contributed by atoms with E-state index in [4.69, 9.17) is 14.2 Å². The number of unbranched alkanes of at least 4 members (excludes halogenated alkanes) is 3. The molecule has 0 aliphatic heterocycles. The average Bonchev–Trinajstić information content (AvgIpc) is 2.86. The predicted molar refractivity (Wildman–Crippen MR) is 142 cm³/mol. The number of anilines is 3. The van der Waals surface area contributed by atoms with Crippen LogP contribution >= 0.6 is 0 Å². The molecule has 0 spiro atoms. The maximum absolute atomic E-state index is 6.01. The smallest absolute Gasteiger partial charge is 0.121 e. The van der Waals surface area contributed by atoms with Crippen LogP contribution in [0.5, 0.6) is 17.2 Å². The summed E-state index contributed by atoms with van der Waals surface area (Å²) in [4.78, 5) is 2.23. The highest BCUT2D eigenvalue weighted by molar-refractivity contribution is 5.78. The Morgan fingerprint density at radius 3 is 1.12 bits per heavy atom. The fraction of sp³-hybridized carbons (Fsp3) is 0.400. The fourth-order valence-corrected chi connectivity index (χ4v) is 3.59. The third-order valence-electron chi connectivity index (χ3n) is 5.53. The van der Waals surface area contributed by atoms with Gasteiger partial charge in [-0.1, -0.05) is 58.2 Å². The van der Waals surface area contributed by atoms with Crippen LogP contribution in [0.3, 0.4) is 0 Å². The zero-order valence-electron chi connectivity index (χ0n) is 21.0. The lowest BCUT2D eigenvalue weighted by atomic mass is 10.1. The van der Waals surface area contributed by atoms with Crippen LogP contribution in [0.25, 0.3) is 0 Å². The Morgan fingerprint density at radius 2 is 0.824 bits per heavy atom. The minimum absolute atomic E-state index is 0.724. The predicted octanol–water partition coefficient (Wildman–Crippen LogP) is 8.69. The van der Waals surface area contributed by atoms with E-state index in [0.29, 0.717) is 0 Å². The van der Waals surface area contributed by atoms with Crippen molar-refractivity contribution in [3.63, 3.8) is 0 Å². The van der Waals surface area contributed by atoms with Gasteiger partial charge in [0, 0.05) is 35.3 Å². The minimum Gasteiger partial charge on any atom is -0.494 e. The van der Waals surface area contributed by atoms with Gasteiger partial charge in [-0.25, -0.2) is 0 Å². The van der Waals surface area contributed by atoms with Crippen molar-refractivity contribution in [3.8, 4) is 17.2 Å². The molecule has 4 nitrogen and oxygen atoms in total. The first-order chi connectivity index (χ1) is 16.7. The zero-order valence-corrected chi connectivity index (χ0v) is 21.0. The molecular formula is C30H39NO3. The minimum atomic E-state index is 0.724. The molecule has 4 heteroatoms. The Labute approximate surface area is 205 Å². The highest BCUT2D eigenvalue weighted by atomic mass is 16.5. The molecule has 0 heterocycles. The van der Waals surface area contributed by atoms with Gasteiger partial charge >= 0.3 is 0 Å². The van der Waals surface area contributed by atoms with Crippen molar-refractivity contribution >= 4 is 17.1 Å².